The third kappa shape index (κ3) is 2.71. The molecule has 2 rings (SSSR count). The molecule has 18 heavy (non-hydrogen) atoms. The van der Waals surface area contributed by atoms with Gasteiger partial charge in [-0.1, -0.05) is 12.1 Å². The number of hydrogen-bond acceptors (Lipinski definition) is 4. The second-order valence-corrected chi connectivity index (χ2v) is 5.55. The van der Waals surface area contributed by atoms with Crippen LogP contribution in [0.25, 0.3) is 11.3 Å². The molecule has 1 aromatic heterocycles. The van der Waals surface area contributed by atoms with E-state index >= 15 is 0 Å². The Morgan fingerprint density at radius 1 is 1.33 bits per heavy atom. The zero-order chi connectivity index (χ0) is 13.2. The summed E-state index contributed by atoms with van der Waals surface area (Å²) in [6, 6.07) is 7.94. The zero-order valence-electron chi connectivity index (χ0n) is 10.9. The molecule has 0 atom stereocenters. The molecular formula is C14H18N2OS. The molecule has 0 aliphatic carbocycles. The van der Waals surface area contributed by atoms with Crippen molar-refractivity contribution in [3.05, 3.63) is 34.7 Å². The molecule has 2 aromatic rings. The maximum atomic E-state index is 6.06. The molecule has 4 heteroatoms. The Morgan fingerprint density at radius 2 is 2.06 bits per heavy atom. The first-order valence-corrected chi connectivity index (χ1v) is 6.87. The number of rotatable bonds is 4. The van der Waals surface area contributed by atoms with Crippen LogP contribution >= 0.6 is 11.3 Å². The van der Waals surface area contributed by atoms with Gasteiger partial charge in [0.25, 0.3) is 0 Å². The summed E-state index contributed by atoms with van der Waals surface area (Å²) >= 11 is 1.59. The first-order chi connectivity index (χ1) is 8.52. The van der Waals surface area contributed by atoms with E-state index in [1.165, 1.54) is 0 Å². The molecule has 1 heterocycles. The molecule has 0 saturated carbocycles. The van der Waals surface area contributed by atoms with Gasteiger partial charge in [-0.05, 0) is 32.9 Å². The van der Waals surface area contributed by atoms with Crippen LogP contribution in [0, 0.1) is 0 Å². The van der Waals surface area contributed by atoms with Crippen molar-refractivity contribution in [1.82, 2.24) is 4.98 Å². The van der Waals surface area contributed by atoms with Crippen molar-refractivity contribution in [2.24, 2.45) is 5.73 Å². The molecule has 2 N–H and O–H groups in total. The molecule has 0 radical (unpaired) electrons. The molecule has 96 valence electrons. The van der Waals surface area contributed by atoms with Crippen LogP contribution in [0.5, 0.6) is 5.75 Å². The van der Waals surface area contributed by atoms with Gasteiger partial charge in [0.15, 0.2) is 0 Å². The standard InChI is InChI=1S/C14H18N2OS/c1-4-17-12-8-6-5-7-10(12)11-9-18-13(16-11)14(2,3)15/h5-9H,4,15H2,1-3H3. The normalized spacial score (nSPS) is 11.6. The van der Waals surface area contributed by atoms with Crippen molar-refractivity contribution < 1.29 is 4.74 Å². The van der Waals surface area contributed by atoms with Gasteiger partial charge in [0.05, 0.1) is 17.8 Å². The Labute approximate surface area is 112 Å². The minimum atomic E-state index is -0.399. The van der Waals surface area contributed by atoms with Gasteiger partial charge in [-0.3, -0.25) is 0 Å². The third-order valence-corrected chi connectivity index (χ3v) is 3.70. The van der Waals surface area contributed by atoms with Crippen LogP contribution in [0.3, 0.4) is 0 Å². The van der Waals surface area contributed by atoms with Gasteiger partial charge in [-0.15, -0.1) is 11.3 Å². The van der Waals surface area contributed by atoms with Gasteiger partial charge in [-0.25, -0.2) is 4.98 Å². The second kappa shape index (κ2) is 5.08. The van der Waals surface area contributed by atoms with Crippen LogP contribution in [-0.4, -0.2) is 11.6 Å². The van der Waals surface area contributed by atoms with Gasteiger partial charge >= 0.3 is 0 Å². The van der Waals surface area contributed by atoms with Crippen molar-refractivity contribution in [3.63, 3.8) is 0 Å². The maximum absolute atomic E-state index is 6.06. The SMILES string of the molecule is CCOc1ccccc1-c1csc(C(C)(C)N)n1. The Bertz CT molecular complexity index is 529. The molecule has 0 aliphatic heterocycles. The largest absolute Gasteiger partial charge is 0.493 e. The highest BCUT2D eigenvalue weighted by Crippen LogP contribution is 2.32. The molecule has 0 amide bonds. The number of hydrogen-bond donors (Lipinski definition) is 1. The lowest BCUT2D eigenvalue weighted by Crippen LogP contribution is -2.28. The fraction of sp³-hybridized carbons (Fsp3) is 0.357. The lowest BCUT2D eigenvalue weighted by molar-refractivity contribution is 0.341. The predicted molar refractivity (Wildman–Crippen MR) is 75.9 cm³/mol. The van der Waals surface area contributed by atoms with Crippen molar-refractivity contribution in [2.45, 2.75) is 26.3 Å². The van der Waals surface area contributed by atoms with E-state index < -0.39 is 5.54 Å². The fourth-order valence-corrected chi connectivity index (χ4v) is 2.51. The highest BCUT2D eigenvalue weighted by molar-refractivity contribution is 7.10. The third-order valence-electron chi connectivity index (χ3n) is 2.52. The zero-order valence-corrected chi connectivity index (χ0v) is 11.8. The molecular weight excluding hydrogens is 244 g/mol. The molecule has 3 nitrogen and oxygen atoms in total. The summed E-state index contributed by atoms with van der Waals surface area (Å²) in [4.78, 5) is 4.61. The Kier molecular flexibility index (Phi) is 3.68. The Morgan fingerprint density at radius 3 is 2.67 bits per heavy atom. The molecule has 0 aliphatic rings. The van der Waals surface area contributed by atoms with E-state index in [1.807, 2.05) is 50.4 Å². The molecule has 0 saturated heterocycles. The van der Waals surface area contributed by atoms with E-state index in [-0.39, 0.29) is 0 Å². The van der Waals surface area contributed by atoms with Crippen LogP contribution in [-0.2, 0) is 5.54 Å². The number of thiazole rings is 1. The quantitative estimate of drug-likeness (QED) is 0.918. The minimum absolute atomic E-state index is 0.399. The van der Waals surface area contributed by atoms with E-state index in [0.717, 1.165) is 22.0 Å². The van der Waals surface area contributed by atoms with Crippen molar-refractivity contribution in [1.29, 1.82) is 0 Å². The van der Waals surface area contributed by atoms with Crippen LogP contribution < -0.4 is 10.5 Å². The average Bonchev–Trinajstić information content (AvgIpc) is 2.79. The molecule has 0 bridgehead atoms. The van der Waals surface area contributed by atoms with Crippen molar-refractivity contribution >= 4 is 11.3 Å². The lowest BCUT2D eigenvalue weighted by atomic mass is 10.1. The lowest BCUT2D eigenvalue weighted by Gasteiger charge is -2.14. The predicted octanol–water partition coefficient (Wildman–Crippen LogP) is 3.40. The van der Waals surface area contributed by atoms with E-state index in [0.29, 0.717) is 6.61 Å². The summed E-state index contributed by atoms with van der Waals surface area (Å²) in [6.45, 7) is 6.55. The summed E-state index contributed by atoms with van der Waals surface area (Å²) in [6.07, 6.45) is 0. The van der Waals surface area contributed by atoms with E-state index in [4.69, 9.17) is 10.5 Å². The topological polar surface area (TPSA) is 48.1 Å². The monoisotopic (exact) mass is 262 g/mol. The van der Waals surface area contributed by atoms with Crippen LogP contribution in [0.2, 0.25) is 0 Å². The Balaban J connectivity index is 2.40. The van der Waals surface area contributed by atoms with Crippen LogP contribution in [0.15, 0.2) is 29.6 Å². The van der Waals surface area contributed by atoms with E-state index in [2.05, 4.69) is 4.98 Å². The van der Waals surface area contributed by atoms with Crippen LogP contribution in [0.4, 0.5) is 0 Å². The number of nitrogens with two attached hydrogens (primary N) is 1. The van der Waals surface area contributed by atoms with E-state index in [1.54, 1.807) is 11.3 Å². The number of aromatic nitrogens is 1. The van der Waals surface area contributed by atoms with E-state index in [9.17, 15) is 0 Å². The summed E-state index contributed by atoms with van der Waals surface area (Å²) in [7, 11) is 0. The summed E-state index contributed by atoms with van der Waals surface area (Å²) < 4.78 is 5.62. The van der Waals surface area contributed by atoms with Gasteiger partial charge in [-0.2, -0.15) is 0 Å². The maximum Gasteiger partial charge on any atom is 0.128 e. The highest BCUT2D eigenvalue weighted by Gasteiger charge is 2.19. The molecule has 0 unspecified atom stereocenters. The summed E-state index contributed by atoms with van der Waals surface area (Å²) in [5.41, 5.74) is 7.61. The average molecular weight is 262 g/mol. The molecule has 0 spiro atoms. The van der Waals surface area contributed by atoms with Gasteiger partial charge in [0.2, 0.25) is 0 Å². The van der Waals surface area contributed by atoms with Gasteiger partial charge in [0, 0.05) is 10.9 Å². The molecule has 0 fully saturated rings. The number of ether oxygens (including phenoxy) is 1. The van der Waals surface area contributed by atoms with Crippen molar-refractivity contribution in [3.8, 4) is 17.0 Å². The summed E-state index contributed by atoms with van der Waals surface area (Å²) in [5, 5.41) is 2.96. The Hall–Kier alpha value is -1.39. The first kappa shape index (κ1) is 13.1. The second-order valence-electron chi connectivity index (χ2n) is 4.69. The highest BCUT2D eigenvalue weighted by atomic mass is 32.1. The molecule has 1 aromatic carbocycles. The van der Waals surface area contributed by atoms with Crippen LogP contribution in [0.1, 0.15) is 25.8 Å². The smallest absolute Gasteiger partial charge is 0.128 e. The fourth-order valence-electron chi connectivity index (χ4n) is 1.65. The first-order valence-electron chi connectivity index (χ1n) is 5.99. The number of nitrogens with zero attached hydrogens (tertiary/aromatic N) is 1. The van der Waals surface area contributed by atoms with Gasteiger partial charge in [0.1, 0.15) is 10.8 Å². The van der Waals surface area contributed by atoms with Gasteiger partial charge < -0.3 is 10.5 Å². The summed E-state index contributed by atoms with van der Waals surface area (Å²) in [5.74, 6) is 0.867. The van der Waals surface area contributed by atoms with Crippen molar-refractivity contribution in [2.75, 3.05) is 6.61 Å². The minimum Gasteiger partial charge on any atom is -0.493 e. The number of para-hydroxylation sites is 1. The number of benzene rings is 1.